The molecule has 172 valence electrons. The third-order valence-electron chi connectivity index (χ3n) is 6.28. The summed E-state index contributed by atoms with van der Waals surface area (Å²) in [4.78, 5) is 16.8. The van der Waals surface area contributed by atoms with Crippen LogP contribution in [0.25, 0.3) is 0 Å². The third kappa shape index (κ3) is 5.84. The van der Waals surface area contributed by atoms with Crippen molar-refractivity contribution in [2.75, 3.05) is 50.1 Å². The first-order valence-corrected chi connectivity index (χ1v) is 11.4. The molecule has 1 fully saturated rings. The molecule has 6 nitrogen and oxygen atoms in total. The van der Waals surface area contributed by atoms with Crippen LogP contribution in [0.2, 0.25) is 0 Å². The van der Waals surface area contributed by atoms with Crippen LogP contribution in [-0.2, 0) is 6.42 Å². The van der Waals surface area contributed by atoms with Gasteiger partial charge in [-0.05, 0) is 48.4 Å². The molecule has 0 radical (unpaired) electrons. The monoisotopic (exact) mass is 444 g/mol. The molecule has 1 saturated heterocycles. The minimum Gasteiger partial charge on any atom is -0.497 e. The Hall–Kier alpha value is -3.51. The molecule has 1 atom stereocenters. The van der Waals surface area contributed by atoms with Gasteiger partial charge in [-0.2, -0.15) is 0 Å². The van der Waals surface area contributed by atoms with Crippen LogP contribution in [-0.4, -0.2) is 56.7 Å². The van der Waals surface area contributed by atoms with Crippen molar-refractivity contribution >= 4 is 17.3 Å². The number of nitrogens with two attached hydrogens (primary N) is 1. The number of rotatable bonds is 9. The Kier molecular flexibility index (Phi) is 7.47. The first-order chi connectivity index (χ1) is 16.1. The Labute approximate surface area is 196 Å². The number of para-hydroxylation sites is 2. The number of amides is 1. The second kappa shape index (κ2) is 10.9. The molecule has 33 heavy (non-hydrogen) atoms. The van der Waals surface area contributed by atoms with Gasteiger partial charge in [0.2, 0.25) is 0 Å². The minimum atomic E-state index is -0.418. The van der Waals surface area contributed by atoms with Crippen LogP contribution in [0.15, 0.2) is 78.9 Å². The molecule has 1 unspecified atom stereocenters. The molecule has 1 amide bonds. The molecule has 1 aliphatic heterocycles. The number of hydrogen-bond donors (Lipinski definition) is 2. The van der Waals surface area contributed by atoms with E-state index in [0.29, 0.717) is 12.1 Å². The number of primary amides is 1. The third-order valence-corrected chi connectivity index (χ3v) is 6.28. The van der Waals surface area contributed by atoms with Gasteiger partial charge in [-0.3, -0.25) is 9.69 Å². The maximum atomic E-state index is 11.9. The predicted octanol–water partition coefficient (Wildman–Crippen LogP) is 3.64. The quantitative estimate of drug-likeness (QED) is 0.527. The van der Waals surface area contributed by atoms with Crippen LogP contribution < -0.4 is 20.7 Å². The molecular weight excluding hydrogens is 412 g/mol. The van der Waals surface area contributed by atoms with Gasteiger partial charge in [0.15, 0.2) is 0 Å². The zero-order chi connectivity index (χ0) is 23.0. The number of piperazine rings is 1. The minimum absolute atomic E-state index is 0.260. The lowest BCUT2D eigenvalue weighted by Crippen LogP contribution is -2.53. The Morgan fingerprint density at radius 1 is 0.970 bits per heavy atom. The van der Waals surface area contributed by atoms with Crippen molar-refractivity contribution in [3.05, 3.63) is 90.0 Å². The lowest BCUT2D eigenvalue weighted by molar-refractivity contribution is 0.100. The number of hydrogen-bond acceptors (Lipinski definition) is 5. The van der Waals surface area contributed by atoms with Gasteiger partial charge in [-0.25, -0.2) is 0 Å². The van der Waals surface area contributed by atoms with E-state index in [1.165, 1.54) is 11.3 Å². The zero-order valence-corrected chi connectivity index (χ0v) is 19.1. The maximum absolute atomic E-state index is 11.9. The summed E-state index contributed by atoms with van der Waals surface area (Å²) in [7, 11) is 1.70. The van der Waals surface area contributed by atoms with E-state index in [-0.39, 0.29) is 6.04 Å². The highest BCUT2D eigenvalue weighted by Gasteiger charge is 2.25. The van der Waals surface area contributed by atoms with Gasteiger partial charge in [0.05, 0.1) is 12.7 Å². The fourth-order valence-corrected chi connectivity index (χ4v) is 4.47. The lowest BCUT2D eigenvalue weighted by atomic mass is 10.0. The highest BCUT2D eigenvalue weighted by atomic mass is 16.5. The molecule has 3 N–H and O–H groups in total. The van der Waals surface area contributed by atoms with Gasteiger partial charge in [0.1, 0.15) is 5.75 Å². The van der Waals surface area contributed by atoms with Crippen LogP contribution in [0.5, 0.6) is 5.75 Å². The van der Waals surface area contributed by atoms with Crippen LogP contribution in [0, 0.1) is 0 Å². The van der Waals surface area contributed by atoms with Gasteiger partial charge in [-0.15, -0.1) is 0 Å². The number of carbonyl (C=O) groups excluding carboxylic acids is 1. The van der Waals surface area contributed by atoms with E-state index in [1.54, 1.807) is 13.2 Å². The molecule has 4 rings (SSSR count). The Balaban J connectivity index is 1.48. The van der Waals surface area contributed by atoms with E-state index >= 15 is 0 Å². The number of anilines is 2. The Bertz CT molecular complexity index is 1050. The summed E-state index contributed by atoms with van der Waals surface area (Å²) < 4.78 is 5.43. The lowest BCUT2D eigenvalue weighted by Gasteiger charge is -2.40. The second-order valence-electron chi connectivity index (χ2n) is 8.36. The number of methoxy groups -OCH3 is 1. The van der Waals surface area contributed by atoms with Crippen LogP contribution in [0.4, 0.5) is 11.4 Å². The fourth-order valence-electron chi connectivity index (χ4n) is 4.47. The standard InChI is InChI=1S/C27H32N4O2/c1-33-24-11-7-8-21(19-24)18-23(20-29-26-13-6-5-12-25(26)27(28)32)31-16-14-30(15-17-31)22-9-3-2-4-10-22/h2-13,19,23,29H,14-18,20H2,1H3,(H2,28,32). The summed E-state index contributed by atoms with van der Waals surface area (Å²) in [5.41, 5.74) is 9.39. The predicted molar refractivity (Wildman–Crippen MR) is 134 cm³/mol. The van der Waals surface area contributed by atoms with Gasteiger partial charge in [0, 0.05) is 50.1 Å². The average Bonchev–Trinajstić information content (AvgIpc) is 2.87. The van der Waals surface area contributed by atoms with Gasteiger partial charge >= 0.3 is 0 Å². The summed E-state index contributed by atoms with van der Waals surface area (Å²) in [6, 6.07) is 26.5. The van der Waals surface area contributed by atoms with Crippen LogP contribution >= 0.6 is 0 Å². The number of nitrogens with one attached hydrogen (secondary N) is 1. The number of nitrogens with zero attached hydrogens (tertiary/aromatic N) is 2. The molecule has 0 bridgehead atoms. The highest BCUT2D eigenvalue weighted by Crippen LogP contribution is 2.21. The summed E-state index contributed by atoms with van der Waals surface area (Å²) in [5.74, 6) is 0.450. The van der Waals surface area contributed by atoms with E-state index < -0.39 is 5.91 Å². The van der Waals surface area contributed by atoms with E-state index in [4.69, 9.17) is 10.5 Å². The molecule has 6 heteroatoms. The number of carbonyl (C=O) groups is 1. The molecule has 0 aromatic heterocycles. The van der Waals surface area contributed by atoms with Gasteiger partial charge in [0.25, 0.3) is 5.91 Å². The SMILES string of the molecule is COc1cccc(CC(CNc2ccccc2C(N)=O)N2CCN(c3ccccc3)CC2)c1. The number of benzene rings is 3. The maximum Gasteiger partial charge on any atom is 0.250 e. The van der Waals surface area contributed by atoms with Crippen molar-refractivity contribution in [2.45, 2.75) is 12.5 Å². The average molecular weight is 445 g/mol. The Morgan fingerprint density at radius 2 is 1.70 bits per heavy atom. The van der Waals surface area contributed by atoms with Crippen LogP contribution in [0.3, 0.4) is 0 Å². The molecule has 0 spiro atoms. The smallest absolute Gasteiger partial charge is 0.250 e. The molecule has 1 heterocycles. The fraction of sp³-hybridized carbons (Fsp3) is 0.296. The summed E-state index contributed by atoms with van der Waals surface area (Å²) in [6.45, 7) is 4.63. The molecule has 1 aliphatic rings. The van der Waals surface area contributed by atoms with Crippen molar-refractivity contribution in [3.63, 3.8) is 0 Å². The van der Waals surface area contributed by atoms with Gasteiger partial charge < -0.3 is 20.7 Å². The summed E-state index contributed by atoms with van der Waals surface area (Å²) >= 11 is 0. The topological polar surface area (TPSA) is 70.8 Å². The summed E-state index contributed by atoms with van der Waals surface area (Å²) in [6.07, 6.45) is 0.883. The molecule has 3 aromatic rings. The summed E-state index contributed by atoms with van der Waals surface area (Å²) in [5, 5.41) is 3.50. The normalized spacial score (nSPS) is 15.1. The molecule has 0 aliphatic carbocycles. The van der Waals surface area contributed by atoms with Crippen molar-refractivity contribution in [1.82, 2.24) is 4.90 Å². The second-order valence-corrected chi connectivity index (χ2v) is 8.36. The van der Waals surface area contributed by atoms with Crippen molar-refractivity contribution < 1.29 is 9.53 Å². The molecule has 3 aromatic carbocycles. The van der Waals surface area contributed by atoms with Crippen LogP contribution in [0.1, 0.15) is 15.9 Å². The van der Waals surface area contributed by atoms with Crippen molar-refractivity contribution in [3.8, 4) is 5.75 Å². The van der Waals surface area contributed by atoms with E-state index in [2.05, 4.69) is 57.6 Å². The van der Waals surface area contributed by atoms with E-state index in [9.17, 15) is 4.79 Å². The first-order valence-electron chi connectivity index (χ1n) is 11.4. The van der Waals surface area contributed by atoms with E-state index in [1.807, 2.05) is 30.3 Å². The van der Waals surface area contributed by atoms with E-state index in [0.717, 1.165) is 44.0 Å². The molecular formula is C27H32N4O2. The van der Waals surface area contributed by atoms with Crippen molar-refractivity contribution in [2.24, 2.45) is 5.73 Å². The molecule has 0 saturated carbocycles. The van der Waals surface area contributed by atoms with Gasteiger partial charge in [-0.1, -0.05) is 42.5 Å². The Morgan fingerprint density at radius 3 is 2.42 bits per heavy atom. The zero-order valence-electron chi connectivity index (χ0n) is 19.1. The largest absolute Gasteiger partial charge is 0.497 e. The van der Waals surface area contributed by atoms with Crippen molar-refractivity contribution in [1.29, 1.82) is 0 Å². The highest BCUT2D eigenvalue weighted by molar-refractivity contribution is 5.98. The number of ether oxygens (including phenoxy) is 1. The first kappa shape index (κ1) is 22.7.